The van der Waals surface area contributed by atoms with Crippen LogP contribution in [0.1, 0.15) is 48.7 Å². The Morgan fingerprint density at radius 3 is 2.69 bits per heavy atom. The predicted octanol–water partition coefficient (Wildman–Crippen LogP) is 3.50. The average molecular weight is 354 g/mol. The Kier molecular flexibility index (Phi) is 6.04. The molecular formula is C20H26N4O2. The second kappa shape index (κ2) is 8.65. The summed E-state index contributed by atoms with van der Waals surface area (Å²) in [6.45, 7) is 3.58. The van der Waals surface area contributed by atoms with Crippen molar-refractivity contribution in [2.75, 3.05) is 19.0 Å². The fraction of sp³-hybridized carbons (Fsp3) is 0.450. The van der Waals surface area contributed by atoms with Crippen LogP contribution in [0.5, 0.6) is 5.75 Å². The van der Waals surface area contributed by atoms with Gasteiger partial charge in [0.2, 0.25) is 0 Å². The highest BCUT2D eigenvalue weighted by atomic mass is 16.5. The van der Waals surface area contributed by atoms with Crippen molar-refractivity contribution in [1.82, 2.24) is 14.9 Å². The summed E-state index contributed by atoms with van der Waals surface area (Å²) in [5, 5.41) is 3.22. The lowest BCUT2D eigenvalue weighted by Crippen LogP contribution is -2.43. The number of benzene rings is 1. The first-order valence-electron chi connectivity index (χ1n) is 9.21. The van der Waals surface area contributed by atoms with E-state index in [9.17, 15) is 4.79 Å². The van der Waals surface area contributed by atoms with Crippen molar-refractivity contribution in [2.24, 2.45) is 0 Å². The second-order valence-corrected chi connectivity index (χ2v) is 6.54. The quantitative estimate of drug-likeness (QED) is 0.860. The maximum atomic E-state index is 12.7. The number of nitrogens with zero attached hydrogens (tertiary/aromatic N) is 3. The van der Waals surface area contributed by atoms with Gasteiger partial charge in [-0.05, 0) is 43.4 Å². The van der Waals surface area contributed by atoms with Crippen LogP contribution in [-0.2, 0) is 6.54 Å². The number of anilines is 1. The molecule has 26 heavy (non-hydrogen) atoms. The molecule has 1 atom stereocenters. The van der Waals surface area contributed by atoms with E-state index < -0.39 is 0 Å². The monoisotopic (exact) mass is 354 g/mol. The van der Waals surface area contributed by atoms with Crippen LogP contribution in [0, 0.1) is 0 Å². The molecule has 1 aliphatic heterocycles. The number of nitrogens with one attached hydrogen (secondary N) is 1. The Morgan fingerprint density at radius 1 is 1.23 bits per heavy atom. The van der Waals surface area contributed by atoms with E-state index in [0.717, 1.165) is 37.1 Å². The molecule has 0 aliphatic carbocycles. The van der Waals surface area contributed by atoms with Crippen LogP contribution >= 0.6 is 0 Å². The smallest absolute Gasteiger partial charge is 0.274 e. The van der Waals surface area contributed by atoms with E-state index in [1.165, 1.54) is 6.42 Å². The molecule has 3 rings (SSSR count). The number of hydrogen-bond donors (Lipinski definition) is 1. The first kappa shape index (κ1) is 18.2. The molecule has 1 aromatic carbocycles. The molecule has 0 saturated carbocycles. The molecule has 1 saturated heterocycles. The highest BCUT2D eigenvalue weighted by Gasteiger charge is 2.27. The first-order chi connectivity index (χ1) is 12.7. The van der Waals surface area contributed by atoms with E-state index in [-0.39, 0.29) is 5.91 Å². The van der Waals surface area contributed by atoms with E-state index in [1.54, 1.807) is 19.5 Å². The second-order valence-electron chi connectivity index (χ2n) is 6.54. The van der Waals surface area contributed by atoms with Gasteiger partial charge in [-0.15, -0.1) is 0 Å². The van der Waals surface area contributed by atoms with Gasteiger partial charge >= 0.3 is 0 Å². The van der Waals surface area contributed by atoms with E-state index in [0.29, 0.717) is 24.1 Å². The normalized spacial score (nSPS) is 17.0. The van der Waals surface area contributed by atoms with E-state index in [2.05, 4.69) is 22.2 Å². The number of likely N-dealkylation sites (tertiary alicyclic amines) is 1. The summed E-state index contributed by atoms with van der Waals surface area (Å²) in [7, 11) is 1.65. The Hall–Kier alpha value is -2.63. The molecule has 1 N–H and O–H groups in total. The number of hydrogen-bond acceptors (Lipinski definition) is 5. The molecule has 1 unspecified atom stereocenters. The largest absolute Gasteiger partial charge is 0.497 e. The lowest BCUT2D eigenvalue weighted by molar-refractivity contribution is 0.0601. The predicted molar refractivity (Wildman–Crippen MR) is 101 cm³/mol. The number of ether oxygens (including phenoxy) is 1. The lowest BCUT2D eigenvalue weighted by Gasteiger charge is -2.34. The summed E-state index contributed by atoms with van der Waals surface area (Å²) >= 11 is 0. The molecule has 2 heterocycles. The number of piperidine rings is 1. The third-order valence-corrected chi connectivity index (χ3v) is 4.86. The van der Waals surface area contributed by atoms with Crippen LogP contribution < -0.4 is 10.1 Å². The molecule has 0 spiro atoms. The van der Waals surface area contributed by atoms with Crippen molar-refractivity contribution in [1.29, 1.82) is 0 Å². The standard InChI is InChI=1S/C20H26N4O2/c1-3-16-6-4-5-11-24(16)20(25)18-13-23-19(14-21-18)22-12-15-7-9-17(26-2)10-8-15/h7-10,13-14,16H,3-6,11-12H2,1-2H3,(H,22,23). The number of carbonyl (C=O) groups is 1. The zero-order valence-electron chi connectivity index (χ0n) is 15.4. The fourth-order valence-electron chi connectivity index (χ4n) is 3.31. The maximum Gasteiger partial charge on any atom is 0.274 e. The molecule has 2 aromatic rings. The number of rotatable bonds is 6. The summed E-state index contributed by atoms with van der Waals surface area (Å²) in [5.74, 6) is 1.48. The van der Waals surface area contributed by atoms with Crippen LogP contribution in [0.15, 0.2) is 36.7 Å². The van der Waals surface area contributed by atoms with Gasteiger partial charge in [0.25, 0.3) is 5.91 Å². The summed E-state index contributed by atoms with van der Waals surface area (Å²) < 4.78 is 5.15. The van der Waals surface area contributed by atoms with Crippen molar-refractivity contribution in [3.8, 4) is 5.75 Å². The minimum Gasteiger partial charge on any atom is -0.497 e. The molecule has 6 heteroatoms. The van der Waals surface area contributed by atoms with Crippen molar-refractivity contribution in [3.05, 3.63) is 47.9 Å². The van der Waals surface area contributed by atoms with Gasteiger partial charge in [0.15, 0.2) is 0 Å². The summed E-state index contributed by atoms with van der Waals surface area (Å²) in [6, 6.07) is 8.17. The van der Waals surface area contributed by atoms with E-state index in [4.69, 9.17) is 4.74 Å². The molecule has 138 valence electrons. The zero-order valence-corrected chi connectivity index (χ0v) is 15.4. The zero-order chi connectivity index (χ0) is 18.4. The molecule has 1 fully saturated rings. The van der Waals surface area contributed by atoms with Gasteiger partial charge in [-0.2, -0.15) is 0 Å². The van der Waals surface area contributed by atoms with Crippen LogP contribution in [-0.4, -0.2) is 40.5 Å². The summed E-state index contributed by atoms with van der Waals surface area (Å²) in [6.07, 6.45) is 7.53. The van der Waals surface area contributed by atoms with Crippen molar-refractivity contribution >= 4 is 11.7 Å². The first-order valence-corrected chi connectivity index (χ1v) is 9.21. The SMILES string of the molecule is CCC1CCCCN1C(=O)c1cnc(NCc2ccc(OC)cc2)cn1. The fourth-order valence-corrected chi connectivity index (χ4v) is 3.31. The molecule has 1 amide bonds. The van der Waals surface area contributed by atoms with Crippen LogP contribution in [0.2, 0.25) is 0 Å². The van der Waals surface area contributed by atoms with Gasteiger partial charge in [0, 0.05) is 19.1 Å². The molecule has 1 aliphatic rings. The third-order valence-electron chi connectivity index (χ3n) is 4.86. The van der Waals surface area contributed by atoms with Gasteiger partial charge in [0.1, 0.15) is 17.3 Å². The van der Waals surface area contributed by atoms with Crippen molar-refractivity contribution in [3.63, 3.8) is 0 Å². The maximum absolute atomic E-state index is 12.7. The average Bonchev–Trinajstić information content (AvgIpc) is 2.72. The highest BCUT2D eigenvalue weighted by Crippen LogP contribution is 2.21. The highest BCUT2D eigenvalue weighted by molar-refractivity contribution is 5.92. The van der Waals surface area contributed by atoms with Gasteiger partial charge in [0.05, 0.1) is 19.5 Å². The minimum atomic E-state index is -0.00856. The van der Waals surface area contributed by atoms with Crippen molar-refractivity contribution < 1.29 is 9.53 Å². The molecule has 0 radical (unpaired) electrons. The number of methoxy groups -OCH3 is 1. The number of carbonyl (C=O) groups excluding carboxylic acids is 1. The Balaban J connectivity index is 1.59. The van der Waals surface area contributed by atoms with Gasteiger partial charge in [-0.3, -0.25) is 4.79 Å². The number of aromatic nitrogens is 2. The molecule has 6 nitrogen and oxygen atoms in total. The molecule has 1 aromatic heterocycles. The number of amides is 1. The summed E-state index contributed by atoms with van der Waals surface area (Å²) in [5.41, 5.74) is 1.53. The van der Waals surface area contributed by atoms with Crippen LogP contribution in [0.4, 0.5) is 5.82 Å². The van der Waals surface area contributed by atoms with E-state index in [1.807, 2.05) is 29.2 Å². The Morgan fingerprint density at radius 2 is 2.04 bits per heavy atom. The van der Waals surface area contributed by atoms with E-state index >= 15 is 0 Å². The summed E-state index contributed by atoms with van der Waals surface area (Å²) in [4.78, 5) is 23.3. The van der Waals surface area contributed by atoms with Crippen LogP contribution in [0.3, 0.4) is 0 Å². The van der Waals surface area contributed by atoms with Gasteiger partial charge < -0.3 is 15.0 Å². The lowest BCUT2D eigenvalue weighted by atomic mass is 10.00. The topological polar surface area (TPSA) is 67.4 Å². The third kappa shape index (κ3) is 4.31. The van der Waals surface area contributed by atoms with Gasteiger partial charge in [-0.1, -0.05) is 19.1 Å². The van der Waals surface area contributed by atoms with Crippen molar-refractivity contribution in [2.45, 2.75) is 45.2 Å². The van der Waals surface area contributed by atoms with Gasteiger partial charge in [-0.25, -0.2) is 9.97 Å². The Bertz CT molecular complexity index is 716. The van der Waals surface area contributed by atoms with Crippen LogP contribution in [0.25, 0.3) is 0 Å². The Labute approximate surface area is 154 Å². The minimum absolute atomic E-state index is 0.00856. The molecular weight excluding hydrogens is 328 g/mol. The molecule has 0 bridgehead atoms.